The molecule has 0 saturated heterocycles. The average Bonchev–Trinajstić information content (AvgIpc) is 3.14. The van der Waals surface area contributed by atoms with Crippen molar-refractivity contribution in [1.29, 1.82) is 0 Å². The number of aromatic nitrogens is 3. The first-order chi connectivity index (χ1) is 15.8. The molecule has 2 radical (unpaired) electrons. The SMILES string of the molecule is [B]c1cnn2c(NCCCNS(=O)(=O)c3c(F)cccc3F)cc(-c3ccccc3Cl)nc12. The van der Waals surface area contributed by atoms with Crippen LogP contribution in [0.3, 0.4) is 0 Å². The Kier molecular flexibility index (Phi) is 6.64. The van der Waals surface area contributed by atoms with Gasteiger partial charge in [-0.3, -0.25) is 0 Å². The lowest BCUT2D eigenvalue weighted by atomic mass is 10.0. The van der Waals surface area contributed by atoms with Crippen molar-refractivity contribution in [2.75, 3.05) is 18.4 Å². The molecule has 0 unspecified atom stereocenters. The predicted octanol–water partition coefficient (Wildman–Crippen LogP) is 2.90. The van der Waals surface area contributed by atoms with Crippen LogP contribution in [0.5, 0.6) is 0 Å². The van der Waals surface area contributed by atoms with E-state index in [0.717, 1.165) is 18.2 Å². The fourth-order valence-corrected chi connectivity index (χ4v) is 4.67. The molecule has 7 nitrogen and oxygen atoms in total. The summed E-state index contributed by atoms with van der Waals surface area (Å²) in [6.45, 7) is 0.277. The maximum atomic E-state index is 13.8. The number of sulfonamides is 1. The smallest absolute Gasteiger partial charge is 0.246 e. The summed E-state index contributed by atoms with van der Waals surface area (Å²) in [5, 5.41) is 7.89. The van der Waals surface area contributed by atoms with E-state index in [1.165, 1.54) is 10.7 Å². The quantitative estimate of drug-likeness (QED) is 0.295. The second-order valence-corrected chi connectivity index (χ2v) is 9.18. The van der Waals surface area contributed by atoms with Gasteiger partial charge in [0.05, 0.1) is 5.69 Å². The highest BCUT2D eigenvalue weighted by Crippen LogP contribution is 2.28. The van der Waals surface area contributed by atoms with Crippen LogP contribution in [0.25, 0.3) is 16.9 Å². The molecule has 0 bridgehead atoms. The third kappa shape index (κ3) is 4.85. The van der Waals surface area contributed by atoms with Crippen LogP contribution >= 0.6 is 11.6 Å². The lowest BCUT2D eigenvalue weighted by molar-refractivity contribution is 0.513. The molecule has 0 aliphatic rings. The fourth-order valence-electron chi connectivity index (χ4n) is 3.24. The number of nitrogens with zero attached hydrogens (tertiary/aromatic N) is 3. The molecule has 0 aliphatic carbocycles. The van der Waals surface area contributed by atoms with E-state index >= 15 is 0 Å². The predicted molar refractivity (Wildman–Crippen MR) is 123 cm³/mol. The first-order valence-corrected chi connectivity index (χ1v) is 11.7. The second kappa shape index (κ2) is 9.46. The van der Waals surface area contributed by atoms with Gasteiger partial charge in [0.2, 0.25) is 10.0 Å². The highest BCUT2D eigenvalue weighted by atomic mass is 35.5. The molecule has 12 heteroatoms. The van der Waals surface area contributed by atoms with Crippen molar-refractivity contribution in [2.24, 2.45) is 0 Å². The monoisotopic (exact) mass is 487 g/mol. The molecule has 2 heterocycles. The number of benzene rings is 2. The topological polar surface area (TPSA) is 88.4 Å². The van der Waals surface area contributed by atoms with E-state index in [1.807, 2.05) is 18.2 Å². The summed E-state index contributed by atoms with van der Waals surface area (Å²) >= 11 is 6.30. The van der Waals surface area contributed by atoms with Gasteiger partial charge in [0.25, 0.3) is 0 Å². The molecule has 33 heavy (non-hydrogen) atoms. The average molecular weight is 488 g/mol. The second-order valence-electron chi connectivity index (χ2n) is 7.07. The van der Waals surface area contributed by atoms with Crippen LogP contribution in [0.4, 0.5) is 14.6 Å². The minimum absolute atomic E-state index is 0.0457. The molecule has 0 fully saturated rings. The molecule has 168 valence electrons. The number of nitrogens with one attached hydrogen (secondary N) is 2. The number of rotatable bonds is 8. The van der Waals surface area contributed by atoms with Gasteiger partial charge >= 0.3 is 0 Å². The molecular weight excluding hydrogens is 471 g/mol. The first-order valence-electron chi connectivity index (χ1n) is 9.84. The fraction of sp³-hybridized carbons (Fsp3) is 0.143. The number of fused-ring (bicyclic) bond motifs is 1. The Hall–Kier alpha value is -3.02. The van der Waals surface area contributed by atoms with Crippen molar-refractivity contribution in [1.82, 2.24) is 19.3 Å². The van der Waals surface area contributed by atoms with Gasteiger partial charge in [-0.2, -0.15) is 9.61 Å². The molecule has 0 saturated carbocycles. The summed E-state index contributed by atoms with van der Waals surface area (Å²) < 4.78 is 55.8. The van der Waals surface area contributed by atoms with Crippen LogP contribution in [-0.2, 0) is 10.0 Å². The van der Waals surface area contributed by atoms with Crippen LogP contribution in [0.2, 0.25) is 5.02 Å². The van der Waals surface area contributed by atoms with E-state index in [1.54, 1.807) is 12.1 Å². The molecule has 0 spiro atoms. The van der Waals surface area contributed by atoms with Crippen LogP contribution in [0.15, 0.2) is 59.6 Å². The third-order valence-electron chi connectivity index (χ3n) is 4.79. The Morgan fingerprint density at radius 1 is 1.06 bits per heavy atom. The van der Waals surface area contributed by atoms with E-state index in [2.05, 4.69) is 20.1 Å². The molecule has 2 aromatic carbocycles. The maximum Gasteiger partial charge on any atom is 0.246 e. The van der Waals surface area contributed by atoms with Crippen LogP contribution in [0, 0.1) is 11.6 Å². The number of anilines is 1. The molecule has 2 N–H and O–H groups in total. The molecule has 4 rings (SSSR count). The summed E-state index contributed by atoms with van der Waals surface area (Å²) in [5.41, 5.74) is 2.11. The Morgan fingerprint density at radius 3 is 2.52 bits per heavy atom. The minimum atomic E-state index is -4.33. The van der Waals surface area contributed by atoms with Crippen LogP contribution in [-0.4, -0.2) is 44.0 Å². The van der Waals surface area contributed by atoms with Gasteiger partial charge in [0.1, 0.15) is 25.3 Å². The standard InChI is InChI=1S/C21H17BClF2N5O2S/c22-14-12-27-30-19(11-18(29-21(14)30)13-5-1-2-6-15(13)23)26-9-4-10-28-33(31,32)20-16(24)7-3-8-17(20)25/h1-3,5-8,11-12,26,28H,4,9-10H2. The molecule has 0 aliphatic heterocycles. The van der Waals surface area contributed by atoms with Crippen molar-refractivity contribution in [3.8, 4) is 11.3 Å². The summed E-state index contributed by atoms with van der Waals surface area (Å²) in [5.74, 6) is -1.74. The van der Waals surface area contributed by atoms with Crippen molar-refractivity contribution < 1.29 is 17.2 Å². The van der Waals surface area contributed by atoms with Gasteiger partial charge in [-0.05, 0) is 30.1 Å². The highest BCUT2D eigenvalue weighted by Gasteiger charge is 2.23. The zero-order chi connectivity index (χ0) is 23.6. The van der Waals surface area contributed by atoms with Gasteiger partial charge in [0.15, 0.2) is 10.5 Å². The van der Waals surface area contributed by atoms with Crippen LogP contribution < -0.4 is 15.5 Å². The summed E-state index contributed by atoms with van der Waals surface area (Å²) in [4.78, 5) is 3.55. The maximum absolute atomic E-state index is 13.8. The lowest BCUT2D eigenvalue weighted by Gasteiger charge is -2.12. The Labute approximate surface area is 195 Å². The number of hydrogen-bond acceptors (Lipinski definition) is 5. The van der Waals surface area contributed by atoms with Crippen molar-refractivity contribution in [3.63, 3.8) is 0 Å². The Bertz CT molecular complexity index is 1410. The van der Waals surface area contributed by atoms with Gasteiger partial charge in [-0.25, -0.2) is 26.9 Å². The Morgan fingerprint density at radius 2 is 1.79 bits per heavy atom. The van der Waals surface area contributed by atoms with Gasteiger partial charge in [0, 0.05) is 35.9 Å². The van der Waals surface area contributed by atoms with Gasteiger partial charge < -0.3 is 5.32 Å². The highest BCUT2D eigenvalue weighted by molar-refractivity contribution is 7.89. The number of halogens is 3. The zero-order valence-corrected chi connectivity index (χ0v) is 18.7. The molecule has 0 amide bonds. The van der Waals surface area contributed by atoms with E-state index in [4.69, 9.17) is 19.4 Å². The lowest BCUT2D eigenvalue weighted by Crippen LogP contribution is -2.28. The van der Waals surface area contributed by atoms with E-state index < -0.39 is 26.6 Å². The van der Waals surface area contributed by atoms with Gasteiger partial charge in [-0.15, -0.1) is 0 Å². The number of hydrogen-bond donors (Lipinski definition) is 2. The van der Waals surface area contributed by atoms with E-state index in [-0.39, 0.29) is 6.54 Å². The normalized spacial score (nSPS) is 11.7. The Balaban J connectivity index is 1.47. The molecule has 2 aromatic heterocycles. The summed E-state index contributed by atoms with van der Waals surface area (Å²) in [6.07, 6.45) is 1.79. The van der Waals surface area contributed by atoms with E-state index in [0.29, 0.717) is 46.2 Å². The first kappa shape index (κ1) is 23.2. The van der Waals surface area contributed by atoms with E-state index in [9.17, 15) is 17.2 Å². The summed E-state index contributed by atoms with van der Waals surface area (Å²) in [6, 6.07) is 11.9. The van der Waals surface area contributed by atoms with Crippen molar-refractivity contribution >= 4 is 46.4 Å². The van der Waals surface area contributed by atoms with Crippen molar-refractivity contribution in [2.45, 2.75) is 11.3 Å². The summed E-state index contributed by atoms with van der Waals surface area (Å²) in [7, 11) is 1.66. The molecular formula is C21H17BClF2N5O2S. The van der Waals surface area contributed by atoms with Crippen LogP contribution in [0.1, 0.15) is 6.42 Å². The largest absolute Gasteiger partial charge is 0.370 e. The minimum Gasteiger partial charge on any atom is -0.370 e. The molecule has 0 atom stereocenters. The molecule has 4 aromatic rings. The van der Waals surface area contributed by atoms with Crippen molar-refractivity contribution in [3.05, 3.63) is 71.4 Å². The third-order valence-corrected chi connectivity index (χ3v) is 6.63. The zero-order valence-electron chi connectivity index (χ0n) is 17.1. The van der Waals surface area contributed by atoms with Gasteiger partial charge in [-0.1, -0.05) is 35.9 Å².